The van der Waals surface area contributed by atoms with E-state index in [2.05, 4.69) is 22.3 Å². The number of carbonyl (C=O) groups excluding carboxylic acids is 2. The number of hydrogen-bond donors (Lipinski definition) is 3. The summed E-state index contributed by atoms with van der Waals surface area (Å²) in [6, 6.07) is 22.2. The van der Waals surface area contributed by atoms with Gasteiger partial charge in [-0.3, -0.25) is 14.5 Å². The number of nitrogens with zero attached hydrogens (tertiary/aromatic N) is 2. The standard InChI is InChI=1S/C32H38Cl2N4O3S/c33-27-13-11-24(18-28(27)34)19-36-32(41)29(21-42-31-9-5-4-8-30(31)40)38(22-39)17-15-26(37-16-14-25(35)20-37)12-10-23-6-2-1-3-7-23/h1-9,11,13,18,22,25-26,29,40H,10,12,14-17,19-21,35H2,(H,36,41)/t25?,26?,29-/m1/s1. The summed E-state index contributed by atoms with van der Waals surface area (Å²) in [7, 11) is 0. The molecule has 0 radical (unpaired) electrons. The molecule has 1 saturated heterocycles. The van der Waals surface area contributed by atoms with Gasteiger partial charge >= 0.3 is 0 Å². The number of para-hydroxylation sites is 1. The Bertz CT molecular complexity index is 1320. The van der Waals surface area contributed by atoms with E-state index in [4.69, 9.17) is 28.9 Å². The Hall–Kier alpha value is -2.75. The van der Waals surface area contributed by atoms with Crippen molar-refractivity contribution in [2.75, 3.05) is 25.4 Å². The molecule has 0 spiro atoms. The summed E-state index contributed by atoms with van der Waals surface area (Å²) in [6.07, 6.45) is 4.30. The summed E-state index contributed by atoms with van der Waals surface area (Å²) >= 11 is 13.5. The monoisotopic (exact) mass is 628 g/mol. The number of rotatable bonds is 15. The van der Waals surface area contributed by atoms with Crippen LogP contribution in [0.4, 0.5) is 0 Å². The molecule has 2 unspecified atom stereocenters. The SMILES string of the molecule is NC1CCN(C(CCc2ccccc2)CCN(C=O)[C@H](CSc2ccccc2O)C(=O)NCc2ccc(Cl)c(Cl)c2)C1. The number of aromatic hydroxyl groups is 1. The van der Waals surface area contributed by atoms with Crippen LogP contribution in [0.25, 0.3) is 0 Å². The lowest BCUT2D eigenvalue weighted by atomic mass is 10.0. The molecule has 1 heterocycles. The molecule has 42 heavy (non-hydrogen) atoms. The van der Waals surface area contributed by atoms with Gasteiger partial charge in [0.1, 0.15) is 11.8 Å². The van der Waals surface area contributed by atoms with Crippen molar-refractivity contribution in [3.8, 4) is 5.75 Å². The third-order valence-corrected chi connectivity index (χ3v) is 9.53. The van der Waals surface area contributed by atoms with Gasteiger partial charge in [-0.2, -0.15) is 0 Å². The second-order valence-corrected chi connectivity index (χ2v) is 12.5. The molecule has 0 aliphatic carbocycles. The average molecular weight is 630 g/mol. The number of nitrogens with two attached hydrogens (primary N) is 1. The van der Waals surface area contributed by atoms with Crippen molar-refractivity contribution >= 4 is 47.3 Å². The number of amides is 2. The maximum Gasteiger partial charge on any atom is 0.243 e. The minimum Gasteiger partial charge on any atom is -0.507 e. The lowest BCUT2D eigenvalue weighted by Gasteiger charge is -2.32. The predicted molar refractivity (Wildman–Crippen MR) is 171 cm³/mol. The fourth-order valence-corrected chi connectivity index (χ4v) is 6.63. The van der Waals surface area contributed by atoms with E-state index in [1.54, 1.807) is 41.3 Å². The van der Waals surface area contributed by atoms with Crippen molar-refractivity contribution in [3.05, 3.63) is 94.0 Å². The second-order valence-electron chi connectivity index (χ2n) is 10.6. The quantitative estimate of drug-likeness (QED) is 0.155. The summed E-state index contributed by atoms with van der Waals surface area (Å²) in [6.45, 7) is 2.42. The zero-order chi connectivity index (χ0) is 29.9. The topological polar surface area (TPSA) is 98.9 Å². The van der Waals surface area contributed by atoms with Crippen LogP contribution in [-0.2, 0) is 22.6 Å². The Morgan fingerprint density at radius 2 is 1.83 bits per heavy atom. The van der Waals surface area contributed by atoms with Crippen LogP contribution in [0.5, 0.6) is 5.75 Å². The Balaban J connectivity index is 1.46. The van der Waals surface area contributed by atoms with Crippen molar-refractivity contribution in [2.24, 2.45) is 5.73 Å². The van der Waals surface area contributed by atoms with Gasteiger partial charge in [-0.1, -0.05) is 71.7 Å². The predicted octanol–water partition coefficient (Wildman–Crippen LogP) is 5.36. The van der Waals surface area contributed by atoms with Crippen LogP contribution >= 0.6 is 35.0 Å². The zero-order valence-corrected chi connectivity index (χ0v) is 25.8. The van der Waals surface area contributed by atoms with Gasteiger partial charge in [0.05, 0.1) is 10.0 Å². The largest absolute Gasteiger partial charge is 0.507 e. The smallest absolute Gasteiger partial charge is 0.243 e. The van der Waals surface area contributed by atoms with E-state index in [-0.39, 0.29) is 36.0 Å². The Kier molecular flexibility index (Phi) is 12.4. The van der Waals surface area contributed by atoms with Crippen molar-refractivity contribution in [1.29, 1.82) is 0 Å². The molecule has 1 aliphatic heterocycles. The molecule has 10 heteroatoms. The molecule has 0 aromatic heterocycles. The molecule has 4 rings (SSSR count). The zero-order valence-electron chi connectivity index (χ0n) is 23.5. The molecule has 2 amide bonds. The fraction of sp³-hybridized carbons (Fsp3) is 0.375. The molecular formula is C32H38Cl2N4O3S. The molecule has 3 aromatic rings. The average Bonchev–Trinajstić information content (AvgIpc) is 3.43. The van der Waals surface area contributed by atoms with E-state index in [9.17, 15) is 14.7 Å². The van der Waals surface area contributed by atoms with Crippen LogP contribution in [-0.4, -0.2) is 70.7 Å². The third kappa shape index (κ3) is 9.38. The van der Waals surface area contributed by atoms with Gasteiger partial charge in [-0.15, -0.1) is 11.8 Å². The molecular weight excluding hydrogens is 591 g/mol. The van der Waals surface area contributed by atoms with E-state index in [0.29, 0.717) is 21.5 Å². The van der Waals surface area contributed by atoms with Crippen LogP contribution in [0.3, 0.4) is 0 Å². The molecule has 1 fully saturated rings. The molecule has 0 bridgehead atoms. The lowest BCUT2D eigenvalue weighted by Crippen LogP contribution is -2.49. The molecule has 0 saturated carbocycles. The first-order valence-electron chi connectivity index (χ1n) is 14.2. The fourth-order valence-electron chi connectivity index (χ4n) is 5.24. The first kappa shape index (κ1) is 32.2. The van der Waals surface area contributed by atoms with Crippen molar-refractivity contribution in [3.63, 3.8) is 0 Å². The highest BCUT2D eigenvalue weighted by Crippen LogP contribution is 2.29. The number of phenolic OH excluding ortho intramolecular Hbond substituents is 1. The third-order valence-electron chi connectivity index (χ3n) is 7.65. The lowest BCUT2D eigenvalue weighted by molar-refractivity contribution is -0.132. The highest BCUT2D eigenvalue weighted by molar-refractivity contribution is 7.99. The Morgan fingerprint density at radius 3 is 2.52 bits per heavy atom. The normalized spacial score (nSPS) is 16.6. The molecule has 1 aliphatic rings. The molecule has 4 N–H and O–H groups in total. The van der Waals surface area contributed by atoms with Gasteiger partial charge in [-0.25, -0.2) is 0 Å². The van der Waals surface area contributed by atoms with E-state index >= 15 is 0 Å². The number of aryl methyl sites for hydroxylation is 1. The van der Waals surface area contributed by atoms with E-state index in [0.717, 1.165) is 50.7 Å². The van der Waals surface area contributed by atoms with E-state index in [1.807, 2.05) is 24.3 Å². The maximum atomic E-state index is 13.6. The van der Waals surface area contributed by atoms with Gasteiger partial charge in [0.2, 0.25) is 12.3 Å². The molecule has 7 nitrogen and oxygen atoms in total. The summed E-state index contributed by atoms with van der Waals surface area (Å²) in [5, 5.41) is 14.1. The molecule has 3 atom stereocenters. The van der Waals surface area contributed by atoms with Crippen molar-refractivity contribution in [2.45, 2.75) is 55.2 Å². The van der Waals surface area contributed by atoms with Crippen LogP contribution < -0.4 is 11.1 Å². The van der Waals surface area contributed by atoms with Gasteiger partial charge in [0.15, 0.2) is 0 Å². The maximum absolute atomic E-state index is 13.6. The number of likely N-dealkylation sites (tertiary alicyclic amines) is 1. The van der Waals surface area contributed by atoms with Gasteiger partial charge in [0.25, 0.3) is 0 Å². The van der Waals surface area contributed by atoms with E-state index in [1.165, 1.54) is 17.3 Å². The van der Waals surface area contributed by atoms with Gasteiger partial charge in [0, 0.05) is 48.9 Å². The first-order valence-corrected chi connectivity index (χ1v) is 15.9. The van der Waals surface area contributed by atoms with Gasteiger partial charge in [-0.05, 0) is 61.1 Å². The Morgan fingerprint density at radius 1 is 1.07 bits per heavy atom. The second kappa shape index (κ2) is 16.2. The van der Waals surface area contributed by atoms with Crippen LogP contribution in [0.1, 0.15) is 30.4 Å². The summed E-state index contributed by atoms with van der Waals surface area (Å²) < 4.78 is 0. The van der Waals surface area contributed by atoms with Crippen molar-refractivity contribution < 1.29 is 14.7 Å². The van der Waals surface area contributed by atoms with Crippen LogP contribution in [0.2, 0.25) is 10.0 Å². The number of nitrogens with one attached hydrogen (secondary N) is 1. The molecule has 3 aromatic carbocycles. The number of halogens is 2. The van der Waals surface area contributed by atoms with Crippen LogP contribution in [0, 0.1) is 0 Å². The number of carbonyl (C=O) groups is 2. The number of benzene rings is 3. The Labute approximate surface area is 262 Å². The number of phenols is 1. The summed E-state index contributed by atoms with van der Waals surface area (Å²) in [5.41, 5.74) is 8.32. The molecule has 224 valence electrons. The summed E-state index contributed by atoms with van der Waals surface area (Å²) in [5.74, 6) is 0.147. The first-order chi connectivity index (χ1) is 20.3. The minimum atomic E-state index is -0.745. The van der Waals surface area contributed by atoms with Crippen molar-refractivity contribution in [1.82, 2.24) is 15.1 Å². The van der Waals surface area contributed by atoms with Crippen LogP contribution in [0.15, 0.2) is 77.7 Å². The highest BCUT2D eigenvalue weighted by atomic mass is 35.5. The summed E-state index contributed by atoms with van der Waals surface area (Å²) in [4.78, 5) is 30.7. The highest BCUT2D eigenvalue weighted by Gasteiger charge is 2.30. The minimum absolute atomic E-state index is 0.140. The van der Waals surface area contributed by atoms with Gasteiger partial charge < -0.3 is 21.1 Å². The van der Waals surface area contributed by atoms with E-state index < -0.39 is 6.04 Å². The number of hydrogen-bond acceptors (Lipinski definition) is 6. The number of thioether (sulfide) groups is 1.